The van der Waals surface area contributed by atoms with Gasteiger partial charge in [0.1, 0.15) is 0 Å². The van der Waals surface area contributed by atoms with Crippen molar-refractivity contribution in [1.29, 1.82) is 0 Å². The molecule has 0 aliphatic carbocycles. The molecule has 0 aromatic rings. The molecule has 0 saturated carbocycles. The minimum atomic E-state index is -0.637. The zero-order chi connectivity index (χ0) is 15.3. The molecule has 122 valence electrons. The molecule has 0 amide bonds. The van der Waals surface area contributed by atoms with Crippen molar-refractivity contribution >= 4 is 5.97 Å². The second kappa shape index (κ2) is 7.59. The third kappa shape index (κ3) is 4.43. The summed E-state index contributed by atoms with van der Waals surface area (Å²) in [6.07, 6.45) is 8.23. The second-order valence-electron chi connectivity index (χ2n) is 7.22. The van der Waals surface area contributed by atoms with Gasteiger partial charge < -0.3 is 14.9 Å². The summed E-state index contributed by atoms with van der Waals surface area (Å²) >= 11 is 0. The molecule has 2 heterocycles. The van der Waals surface area contributed by atoms with Crippen molar-refractivity contribution in [3.63, 3.8) is 0 Å². The summed E-state index contributed by atoms with van der Waals surface area (Å²) in [5.74, 6) is -0.637. The van der Waals surface area contributed by atoms with Gasteiger partial charge >= 0.3 is 5.97 Å². The zero-order valence-electron chi connectivity index (χ0n) is 13.8. The van der Waals surface area contributed by atoms with Crippen LogP contribution in [0.15, 0.2) is 0 Å². The Labute approximate surface area is 129 Å². The summed E-state index contributed by atoms with van der Waals surface area (Å²) in [4.78, 5) is 16.6. The van der Waals surface area contributed by atoms with Crippen LogP contribution in [0, 0.1) is 5.41 Å². The van der Waals surface area contributed by atoms with Crippen LogP contribution >= 0.6 is 0 Å². The number of aliphatic carboxylic acids is 1. The predicted molar refractivity (Wildman–Crippen MR) is 85.5 cm³/mol. The maximum absolute atomic E-state index is 11.6. The third-order valence-corrected chi connectivity index (χ3v) is 5.35. The highest BCUT2D eigenvalue weighted by atomic mass is 16.4. The molecule has 2 saturated heterocycles. The first-order valence-corrected chi connectivity index (χ1v) is 8.75. The number of nitrogens with zero attached hydrogens (tertiary/aromatic N) is 2. The van der Waals surface area contributed by atoms with Crippen LogP contribution < -0.4 is 0 Å². The SMILES string of the molecule is CCCC(C)(CN1CCC(N2CCCCC2)CC1)C(=O)O. The van der Waals surface area contributed by atoms with Crippen LogP contribution in [0.4, 0.5) is 0 Å². The number of hydrogen-bond acceptors (Lipinski definition) is 3. The molecule has 4 nitrogen and oxygen atoms in total. The molecule has 1 atom stereocenters. The first-order chi connectivity index (χ1) is 10.0. The lowest BCUT2D eigenvalue weighted by Gasteiger charge is -2.42. The maximum atomic E-state index is 11.6. The lowest BCUT2D eigenvalue weighted by atomic mass is 9.84. The van der Waals surface area contributed by atoms with Crippen molar-refractivity contribution in [2.75, 3.05) is 32.7 Å². The molecule has 2 aliphatic heterocycles. The normalized spacial score (nSPS) is 25.6. The number of piperidine rings is 2. The standard InChI is InChI=1S/C17H32N2O2/c1-3-9-17(2,16(20)21)14-18-12-7-15(8-13-18)19-10-5-4-6-11-19/h15H,3-14H2,1-2H3,(H,20,21). The van der Waals surface area contributed by atoms with Crippen LogP contribution in [0.3, 0.4) is 0 Å². The Morgan fingerprint density at radius 3 is 2.29 bits per heavy atom. The smallest absolute Gasteiger partial charge is 0.310 e. The molecule has 4 heteroatoms. The molecular weight excluding hydrogens is 264 g/mol. The monoisotopic (exact) mass is 296 g/mol. The Morgan fingerprint density at radius 1 is 1.14 bits per heavy atom. The summed E-state index contributed by atoms with van der Waals surface area (Å²) in [6.45, 7) is 9.37. The van der Waals surface area contributed by atoms with E-state index in [1.807, 2.05) is 6.92 Å². The minimum absolute atomic E-state index is 0.577. The van der Waals surface area contributed by atoms with Crippen molar-refractivity contribution in [1.82, 2.24) is 9.80 Å². The van der Waals surface area contributed by atoms with Crippen molar-refractivity contribution in [3.05, 3.63) is 0 Å². The fourth-order valence-electron chi connectivity index (χ4n) is 4.03. The fraction of sp³-hybridized carbons (Fsp3) is 0.941. The topological polar surface area (TPSA) is 43.8 Å². The van der Waals surface area contributed by atoms with Gasteiger partial charge in [0.15, 0.2) is 0 Å². The van der Waals surface area contributed by atoms with Crippen LogP contribution in [0.1, 0.15) is 58.8 Å². The molecule has 1 N–H and O–H groups in total. The number of hydrogen-bond donors (Lipinski definition) is 1. The molecule has 1 unspecified atom stereocenters. The molecule has 0 bridgehead atoms. The average molecular weight is 296 g/mol. The fourth-order valence-corrected chi connectivity index (χ4v) is 4.03. The maximum Gasteiger partial charge on any atom is 0.310 e. The van der Waals surface area contributed by atoms with Gasteiger partial charge in [-0.25, -0.2) is 0 Å². The lowest BCUT2D eigenvalue weighted by molar-refractivity contribution is -0.149. The molecule has 2 fully saturated rings. The van der Waals surface area contributed by atoms with E-state index in [1.165, 1.54) is 45.2 Å². The van der Waals surface area contributed by atoms with Crippen molar-refractivity contribution in [2.24, 2.45) is 5.41 Å². The van der Waals surface area contributed by atoms with Crippen LogP contribution in [-0.2, 0) is 4.79 Å². The van der Waals surface area contributed by atoms with Crippen molar-refractivity contribution in [2.45, 2.75) is 64.8 Å². The van der Waals surface area contributed by atoms with E-state index in [4.69, 9.17) is 0 Å². The number of likely N-dealkylation sites (tertiary alicyclic amines) is 2. The molecule has 2 rings (SSSR count). The van der Waals surface area contributed by atoms with Gasteiger partial charge in [0.2, 0.25) is 0 Å². The summed E-state index contributed by atoms with van der Waals surface area (Å²) < 4.78 is 0. The van der Waals surface area contributed by atoms with Gasteiger partial charge in [-0.05, 0) is 65.2 Å². The molecule has 0 radical (unpaired) electrons. The van der Waals surface area contributed by atoms with Gasteiger partial charge in [0.25, 0.3) is 0 Å². The van der Waals surface area contributed by atoms with Crippen LogP contribution in [0.25, 0.3) is 0 Å². The highest BCUT2D eigenvalue weighted by Crippen LogP contribution is 2.28. The number of carbonyl (C=O) groups is 1. The van der Waals surface area contributed by atoms with Gasteiger partial charge in [0.05, 0.1) is 5.41 Å². The second-order valence-corrected chi connectivity index (χ2v) is 7.22. The zero-order valence-corrected chi connectivity index (χ0v) is 13.8. The van der Waals surface area contributed by atoms with E-state index in [1.54, 1.807) is 0 Å². The largest absolute Gasteiger partial charge is 0.481 e. The van der Waals surface area contributed by atoms with E-state index in [-0.39, 0.29) is 0 Å². The third-order valence-electron chi connectivity index (χ3n) is 5.35. The number of rotatable bonds is 6. The van der Waals surface area contributed by atoms with Gasteiger partial charge in [-0.2, -0.15) is 0 Å². The van der Waals surface area contributed by atoms with Crippen LogP contribution in [0.2, 0.25) is 0 Å². The predicted octanol–water partition coefficient (Wildman–Crippen LogP) is 2.83. The van der Waals surface area contributed by atoms with E-state index >= 15 is 0 Å². The summed E-state index contributed by atoms with van der Waals surface area (Å²) in [6, 6.07) is 0.740. The Morgan fingerprint density at radius 2 is 1.76 bits per heavy atom. The molecule has 0 aromatic carbocycles. The van der Waals surface area contributed by atoms with Crippen LogP contribution in [0.5, 0.6) is 0 Å². The summed E-state index contributed by atoms with van der Waals surface area (Å²) in [7, 11) is 0. The first kappa shape index (κ1) is 16.8. The Balaban J connectivity index is 1.81. The quantitative estimate of drug-likeness (QED) is 0.818. The summed E-state index contributed by atoms with van der Waals surface area (Å²) in [5.41, 5.74) is -0.577. The van der Waals surface area contributed by atoms with E-state index in [0.29, 0.717) is 6.54 Å². The van der Waals surface area contributed by atoms with Gasteiger partial charge in [-0.1, -0.05) is 19.8 Å². The van der Waals surface area contributed by atoms with E-state index < -0.39 is 11.4 Å². The highest BCUT2D eigenvalue weighted by molar-refractivity contribution is 5.74. The molecule has 2 aliphatic rings. The van der Waals surface area contributed by atoms with E-state index in [0.717, 1.165) is 32.0 Å². The molecule has 0 spiro atoms. The molecule has 21 heavy (non-hydrogen) atoms. The molecular formula is C17H32N2O2. The summed E-state index contributed by atoms with van der Waals surface area (Å²) in [5, 5.41) is 9.52. The van der Waals surface area contributed by atoms with Gasteiger partial charge in [-0.15, -0.1) is 0 Å². The Kier molecular flexibility index (Phi) is 6.06. The van der Waals surface area contributed by atoms with Gasteiger partial charge in [0, 0.05) is 12.6 Å². The lowest BCUT2D eigenvalue weighted by Crippen LogP contribution is -2.49. The van der Waals surface area contributed by atoms with E-state index in [2.05, 4.69) is 16.7 Å². The average Bonchev–Trinajstić information content (AvgIpc) is 2.49. The molecule has 0 aromatic heterocycles. The Hall–Kier alpha value is -0.610. The van der Waals surface area contributed by atoms with Gasteiger partial charge in [-0.3, -0.25) is 4.79 Å². The van der Waals surface area contributed by atoms with E-state index in [9.17, 15) is 9.90 Å². The number of carboxylic acids is 1. The van der Waals surface area contributed by atoms with Crippen molar-refractivity contribution in [3.8, 4) is 0 Å². The first-order valence-electron chi connectivity index (χ1n) is 8.75. The van der Waals surface area contributed by atoms with Crippen molar-refractivity contribution < 1.29 is 9.90 Å². The minimum Gasteiger partial charge on any atom is -0.481 e. The van der Waals surface area contributed by atoms with Crippen LogP contribution in [-0.4, -0.2) is 59.6 Å². The highest BCUT2D eigenvalue weighted by Gasteiger charge is 2.35. The number of carboxylic acid groups (broad SMARTS) is 1. The Bertz CT molecular complexity index is 334.